The van der Waals surface area contributed by atoms with Gasteiger partial charge in [-0.05, 0) is 43.9 Å². The van der Waals surface area contributed by atoms with E-state index in [1.54, 1.807) is 6.92 Å². The summed E-state index contributed by atoms with van der Waals surface area (Å²) in [6.07, 6.45) is -0.971. The number of amides is 1. The van der Waals surface area contributed by atoms with E-state index in [-0.39, 0.29) is 11.3 Å². The van der Waals surface area contributed by atoms with E-state index in [2.05, 4.69) is 27.1 Å². The second-order valence-electron chi connectivity index (χ2n) is 6.99. The molecule has 9 heteroatoms. The maximum Gasteiger partial charge on any atom is 0.417 e. The van der Waals surface area contributed by atoms with Gasteiger partial charge in [-0.15, -0.1) is 0 Å². The number of piperidine rings is 1. The number of hydrogen-bond acceptors (Lipinski definition) is 4. The Balaban J connectivity index is 1.73. The van der Waals surface area contributed by atoms with E-state index in [1.807, 2.05) is 0 Å². The van der Waals surface area contributed by atoms with Crippen LogP contribution in [0, 0.1) is 12.8 Å². The largest absolute Gasteiger partial charge is 0.417 e. The molecule has 3 rings (SSSR count). The van der Waals surface area contributed by atoms with Gasteiger partial charge in [0, 0.05) is 25.0 Å². The first-order valence-corrected chi connectivity index (χ1v) is 9.29. The van der Waals surface area contributed by atoms with E-state index in [0.29, 0.717) is 17.6 Å². The van der Waals surface area contributed by atoms with E-state index in [9.17, 15) is 18.0 Å². The first-order valence-electron chi connectivity index (χ1n) is 8.92. The van der Waals surface area contributed by atoms with Crippen LogP contribution in [0.25, 0.3) is 0 Å². The zero-order valence-electron chi connectivity index (χ0n) is 15.5. The second kappa shape index (κ2) is 7.95. The number of aromatic nitrogens is 2. The smallest absolute Gasteiger partial charge is 0.341 e. The second-order valence-corrected chi connectivity index (χ2v) is 7.39. The molecule has 5 nitrogen and oxygen atoms in total. The molecule has 0 radical (unpaired) electrons. The number of halogens is 4. The molecule has 0 atom stereocenters. The third-order valence-electron chi connectivity index (χ3n) is 4.81. The maximum absolute atomic E-state index is 12.8. The molecule has 0 aliphatic carbocycles. The van der Waals surface area contributed by atoms with E-state index in [4.69, 9.17) is 11.6 Å². The number of hydrogen-bond donors (Lipinski definition) is 1. The van der Waals surface area contributed by atoms with Gasteiger partial charge in [0.2, 0.25) is 5.95 Å². The number of benzene rings is 1. The number of nitrogens with zero attached hydrogens (tertiary/aromatic N) is 3. The van der Waals surface area contributed by atoms with E-state index >= 15 is 0 Å². The lowest BCUT2D eigenvalue weighted by Crippen LogP contribution is -2.34. The molecule has 1 fully saturated rings. The van der Waals surface area contributed by atoms with Crippen molar-refractivity contribution in [3.8, 4) is 0 Å². The lowest BCUT2D eigenvalue weighted by Gasteiger charge is -2.30. The van der Waals surface area contributed by atoms with Crippen LogP contribution in [0.3, 0.4) is 0 Å². The minimum atomic E-state index is -4.55. The minimum absolute atomic E-state index is 0.163. The average molecular weight is 413 g/mol. The topological polar surface area (TPSA) is 58.1 Å². The Morgan fingerprint density at radius 1 is 1.29 bits per heavy atom. The van der Waals surface area contributed by atoms with Crippen LogP contribution < -0.4 is 10.2 Å². The van der Waals surface area contributed by atoms with Crippen molar-refractivity contribution < 1.29 is 18.0 Å². The van der Waals surface area contributed by atoms with Crippen molar-refractivity contribution in [1.29, 1.82) is 0 Å². The fourth-order valence-corrected chi connectivity index (χ4v) is 3.35. The third kappa shape index (κ3) is 4.55. The van der Waals surface area contributed by atoms with Gasteiger partial charge < -0.3 is 10.2 Å². The fraction of sp³-hybridized carbons (Fsp3) is 0.421. The zero-order chi connectivity index (χ0) is 20.5. The lowest BCUT2D eigenvalue weighted by molar-refractivity contribution is -0.137. The highest BCUT2D eigenvalue weighted by Gasteiger charge is 2.33. The fourth-order valence-electron chi connectivity index (χ4n) is 3.06. The van der Waals surface area contributed by atoms with Crippen LogP contribution in [-0.4, -0.2) is 29.0 Å². The van der Waals surface area contributed by atoms with Gasteiger partial charge in [-0.2, -0.15) is 13.2 Å². The molecule has 1 N–H and O–H groups in total. The first-order chi connectivity index (χ1) is 13.1. The third-order valence-corrected chi connectivity index (χ3v) is 5.12. The van der Waals surface area contributed by atoms with Crippen molar-refractivity contribution in [3.63, 3.8) is 0 Å². The van der Waals surface area contributed by atoms with Crippen molar-refractivity contribution in [1.82, 2.24) is 9.97 Å². The molecule has 150 valence electrons. The molecule has 1 aliphatic heterocycles. The predicted octanol–water partition coefficient (Wildman–Crippen LogP) is 4.95. The number of alkyl halides is 3. The summed E-state index contributed by atoms with van der Waals surface area (Å²) in [5, 5.41) is 2.06. The number of carbonyl (C=O) groups is 1. The summed E-state index contributed by atoms with van der Waals surface area (Å²) >= 11 is 5.69. The highest BCUT2D eigenvalue weighted by Crippen LogP contribution is 2.36. The standard InChI is InChI=1S/C19H20ClF3N4O/c1-11-5-7-27(8-6-11)18-24-10-14(12(2)25-18)17(28)26-13-3-4-15(16(20)9-13)19(21,22)23/h3-4,9-11H,5-8H2,1-2H3,(H,26,28). The summed E-state index contributed by atoms with van der Waals surface area (Å²) in [6, 6.07) is 3.07. The summed E-state index contributed by atoms with van der Waals surface area (Å²) in [6.45, 7) is 5.66. The molecule has 0 bridgehead atoms. The summed E-state index contributed by atoms with van der Waals surface area (Å²) in [5.74, 6) is 0.753. The van der Waals surface area contributed by atoms with Gasteiger partial charge in [-0.1, -0.05) is 18.5 Å². The van der Waals surface area contributed by atoms with Gasteiger partial charge in [0.05, 0.1) is 21.8 Å². The molecule has 0 spiro atoms. The highest BCUT2D eigenvalue weighted by molar-refractivity contribution is 6.31. The molecule has 0 saturated carbocycles. The molecule has 1 aromatic carbocycles. The summed E-state index contributed by atoms with van der Waals surface area (Å²) < 4.78 is 38.3. The Morgan fingerprint density at radius 2 is 1.96 bits per heavy atom. The Kier molecular flexibility index (Phi) is 5.79. The Hall–Kier alpha value is -2.35. The monoisotopic (exact) mass is 412 g/mol. The number of aryl methyl sites for hydroxylation is 1. The first kappa shape index (κ1) is 20.4. The van der Waals surface area contributed by atoms with Crippen LogP contribution in [0.2, 0.25) is 5.02 Å². The number of carbonyl (C=O) groups excluding carboxylic acids is 1. The van der Waals surface area contributed by atoms with Gasteiger partial charge in [-0.3, -0.25) is 4.79 Å². The van der Waals surface area contributed by atoms with Crippen molar-refractivity contribution >= 4 is 29.1 Å². The summed E-state index contributed by atoms with van der Waals surface area (Å²) in [4.78, 5) is 23.3. The van der Waals surface area contributed by atoms with Gasteiger partial charge in [0.15, 0.2) is 0 Å². The van der Waals surface area contributed by atoms with Crippen molar-refractivity contribution in [3.05, 3.63) is 46.2 Å². The molecule has 28 heavy (non-hydrogen) atoms. The van der Waals surface area contributed by atoms with Gasteiger partial charge in [0.25, 0.3) is 5.91 Å². The highest BCUT2D eigenvalue weighted by atomic mass is 35.5. The van der Waals surface area contributed by atoms with Crippen molar-refractivity contribution in [2.24, 2.45) is 5.92 Å². The number of nitrogens with one attached hydrogen (secondary N) is 1. The van der Waals surface area contributed by atoms with E-state index in [0.717, 1.165) is 44.1 Å². The summed E-state index contributed by atoms with van der Waals surface area (Å²) in [7, 11) is 0. The summed E-state index contributed by atoms with van der Waals surface area (Å²) in [5.41, 5.74) is -0.0346. The number of anilines is 2. The average Bonchev–Trinajstić information content (AvgIpc) is 2.61. The van der Waals surface area contributed by atoms with Crippen molar-refractivity contribution in [2.75, 3.05) is 23.3 Å². The molecule has 2 heterocycles. The van der Waals surface area contributed by atoms with Crippen molar-refractivity contribution in [2.45, 2.75) is 32.9 Å². The molecular weight excluding hydrogens is 393 g/mol. The van der Waals surface area contributed by atoms with E-state index in [1.165, 1.54) is 6.20 Å². The van der Waals surface area contributed by atoms with Gasteiger partial charge in [-0.25, -0.2) is 9.97 Å². The molecule has 1 saturated heterocycles. The maximum atomic E-state index is 12.8. The van der Waals surface area contributed by atoms with Crippen LogP contribution in [-0.2, 0) is 6.18 Å². The molecular formula is C19H20ClF3N4O. The molecule has 1 aromatic heterocycles. The lowest BCUT2D eigenvalue weighted by atomic mass is 10.00. The predicted molar refractivity (Wildman–Crippen MR) is 102 cm³/mol. The Morgan fingerprint density at radius 3 is 2.54 bits per heavy atom. The normalized spacial score (nSPS) is 15.6. The number of rotatable bonds is 3. The van der Waals surface area contributed by atoms with Gasteiger partial charge >= 0.3 is 6.18 Å². The van der Waals surface area contributed by atoms with Crippen LogP contribution in [0.4, 0.5) is 24.8 Å². The molecule has 2 aromatic rings. The van der Waals surface area contributed by atoms with Crippen LogP contribution in [0.15, 0.2) is 24.4 Å². The van der Waals surface area contributed by atoms with Crippen LogP contribution in [0.5, 0.6) is 0 Å². The van der Waals surface area contributed by atoms with Gasteiger partial charge in [0.1, 0.15) is 0 Å². The Bertz CT molecular complexity index is 880. The Labute approximate surface area is 165 Å². The quantitative estimate of drug-likeness (QED) is 0.775. The van der Waals surface area contributed by atoms with Crippen LogP contribution in [0.1, 0.15) is 41.4 Å². The zero-order valence-corrected chi connectivity index (χ0v) is 16.2. The molecule has 0 unspecified atom stereocenters. The van der Waals surface area contributed by atoms with E-state index < -0.39 is 22.7 Å². The molecule has 1 aliphatic rings. The minimum Gasteiger partial charge on any atom is -0.341 e. The van der Waals surface area contributed by atoms with Crippen LogP contribution >= 0.6 is 11.6 Å². The molecule has 1 amide bonds. The SMILES string of the molecule is Cc1nc(N2CCC(C)CC2)ncc1C(=O)Nc1ccc(C(F)(F)F)c(Cl)c1.